The molecule has 5 N–H and O–H groups in total. The van der Waals surface area contributed by atoms with Crippen LogP contribution in [0.5, 0.6) is 0 Å². The van der Waals surface area contributed by atoms with Crippen molar-refractivity contribution in [3.05, 3.63) is 0 Å². The van der Waals surface area contributed by atoms with Crippen LogP contribution in [0.25, 0.3) is 0 Å². The van der Waals surface area contributed by atoms with Gasteiger partial charge in [-0.3, -0.25) is 4.90 Å². The molecule has 118 valence electrons. The number of hydrogen-bond donors (Lipinski definition) is 5. The van der Waals surface area contributed by atoms with Crippen LogP contribution < -0.4 is 69.3 Å². The predicted octanol–water partition coefficient (Wildman–Crippen LogP) is -12.8. The van der Waals surface area contributed by atoms with Crippen LogP contribution >= 0.6 is 0 Å². The zero-order chi connectivity index (χ0) is 15.9. The van der Waals surface area contributed by atoms with Gasteiger partial charge in [-0.2, -0.15) is 0 Å². The van der Waals surface area contributed by atoms with Crippen molar-refractivity contribution in [2.75, 3.05) is 26.2 Å². The van der Waals surface area contributed by atoms with E-state index in [2.05, 4.69) is 0 Å². The summed E-state index contributed by atoms with van der Waals surface area (Å²) >= 11 is 0. The Morgan fingerprint density at radius 3 is 1.55 bits per heavy atom. The molecular formula is C10H17NNa2O9. The SMILES string of the molecule is O=C([O-])CN(CC(=O)[O-])CC(O)C(O)C(O)C(O)CO.[Na+].[Na+]. The predicted molar refractivity (Wildman–Crippen MR) is 57.6 cm³/mol. The van der Waals surface area contributed by atoms with Gasteiger partial charge < -0.3 is 45.3 Å². The molecule has 0 aromatic heterocycles. The van der Waals surface area contributed by atoms with E-state index in [0.717, 1.165) is 0 Å². The molecule has 0 saturated carbocycles. The molecule has 0 aromatic rings. The molecule has 0 heterocycles. The summed E-state index contributed by atoms with van der Waals surface area (Å²) in [5.74, 6) is -3.22. The number of aliphatic carboxylic acids is 2. The number of aliphatic hydroxyl groups excluding tert-OH is 5. The van der Waals surface area contributed by atoms with Gasteiger partial charge in [0.15, 0.2) is 0 Å². The molecule has 0 fully saturated rings. The van der Waals surface area contributed by atoms with Crippen molar-refractivity contribution in [2.45, 2.75) is 24.4 Å². The van der Waals surface area contributed by atoms with Gasteiger partial charge in [0.1, 0.15) is 18.3 Å². The van der Waals surface area contributed by atoms with E-state index in [1.165, 1.54) is 0 Å². The Kier molecular flexibility index (Phi) is 17.6. The first-order chi connectivity index (χ1) is 9.18. The number of carboxylic acids is 2. The van der Waals surface area contributed by atoms with Gasteiger partial charge in [-0.1, -0.05) is 0 Å². The third-order valence-corrected chi connectivity index (χ3v) is 2.48. The second-order valence-electron chi connectivity index (χ2n) is 4.21. The molecular weight excluding hydrogens is 324 g/mol. The summed E-state index contributed by atoms with van der Waals surface area (Å²) in [4.78, 5) is 21.5. The molecule has 4 unspecified atom stereocenters. The van der Waals surface area contributed by atoms with Gasteiger partial charge in [-0.15, -0.1) is 0 Å². The van der Waals surface area contributed by atoms with E-state index in [1.54, 1.807) is 0 Å². The number of rotatable bonds is 10. The average Bonchev–Trinajstić information content (AvgIpc) is 2.34. The maximum Gasteiger partial charge on any atom is 1.00 e. The molecule has 0 spiro atoms. The fourth-order valence-corrected chi connectivity index (χ4v) is 1.49. The smallest absolute Gasteiger partial charge is 0.549 e. The van der Waals surface area contributed by atoms with Crippen LogP contribution in [-0.4, -0.2) is 93.0 Å². The van der Waals surface area contributed by atoms with Gasteiger partial charge in [0, 0.05) is 19.6 Å². The summed E-state index contributed by atoms with van der Waals surface area (Å²) in [7, 11) is 0. The van der Waals surface area contributed by atoms with E-state index < -0.39 is 62.6 Å². The number of carboxylic acid groups (broad SMARTS) is 2. The zero-order valence-electron chi connectivity index (χ0n) is 12.5. The van der Waals surface area contributed by atoms with Gasteiger partial charge in [0.05, 0.1) is 24.6 Å². The third kappa shape index (κ3) is 11.3. The normalized spacial score (nSPS) is 15.9. The Morgan fingerprint density at radius 1 is 0.864 bits per heavy atom. The van der Waals surface area contributed by atoms with Crippen molar-refractivity contribution in [1.82, 2.24) is 4.90 Å². The molecule has 0 aliphatic rings. The zero-order valence-corrected chi connectivity index (χ0v) is 16.5. The Balaban J connectivity index is -0.00000180. The van der Waals surface area contributed by atoms with Gasteiger partial charge in [0.25, 0.3) is 0 Å². The third-order valence-electron chi connectivity index (χ3n) is 2.48. The van der Waals surface area contributed by atoms with Crippen LogP contribution in [0.15, 0.2) is 0 Å². The minimum Gasteiger partial charge on any atom is -0.549 e. The minimum absolute atomic E-state index is 0. The van der Waals surface area contributed by atoms with E-state index in [4.69, 9.17) is 10.2 Å². The van der Waals surface area contributed by atoms with Crippen molar-refractivity contribution in [2.24, 2.45) is 0 Å². The van der Waals surface area contributed by atoms with Crippen molar-refractivity contribution < 1.29 is 104 Å². The molecule has 4 atom stereocenters. The average molecular weight is 341 g/mol. The summed E-state index contributed by atoms with van der Waals surface area (Å²) in [6, 6.07) is 0. The standard InChI is InChI=1S/C10H19NO9.2Na/c12-4-6(14)10(20)9(19)5(13)1-11(2-7(15)16)3-8(17)18;;/h5-6,9-10,12-14,19-20H,1-4H2,(H,15,16)(H,17,18);;/q;2*+1/p-2. The summed E-state index contributed by atoms with van der Waals surface area (Å²) in [5, 5.41) is 66.8. The fourth-order valence-electron chi connectivity index (χ4n) is 1.49. The van der Waals surface area contributed by atoms with Gasteiger partial charge in [0.2, 0.25) is 0 Å². The number of carbonyl (C=O) groups is 2. The number of carbonyl (C=O) groups excluding carboxylic acids is 2. The molecule has 0 rings (SSSR count). The Hall–Kier alpha value is 0.700. The fraction of sp³-hybridized carbons (Fsp3) is 0.800. The molecule has 0 bridgehead atoms. The van der Waals surface area contributed by atoms with E-state index >= 15 is 0 Å². The van der Waals surface area contributed by atoms with E-state index in [1.807, 2.05) is 0 Å². The molecule has 0 radical (unpaired) electrons. The quantitative estimate of drug-likeness (QED) is 0.239. The number of aliphatic hydroxyl groups is 5. The number of hydrogen-bond acceptors (Lipinski definition) is 10. The summed E-state index contributed by atoms with van der Waals surface area (Å²) < 4.78 is 0. The van der Waals surface area contributed by atoms with Gasteiger partial charge in [-0.05, 0) is 0 Å². The van der Waals surface area contributed by atoms with Crippen LogP contribution in [-0.2, 0) is 9.59 Å². The largest absolute Gasteiger partial charge is 1.00 e. The van der Waals surface area contributed by atoms with Crippen molar-refractivity contribution >= 4 is 11.9 Å². The van der Waals surface area contributed by atoms with Crippen molar-refractivity contribution in [1.29, 1.82) is 0 Å². The van der Waals surface area contributed by atoms with Crippen LogP contribution in [0.2, 0.25) is 0 Å². The van der Waals surface area contributed by atoms with Crippen molar-refractivity contribution in [3.63, 3.8) is 0 Å². The summed E-state index contributed by atoms with van der Waals surface area (Å²) in [5.41, 5.74) is 0. The maximum atomic E-state index is 10.4. The van der Waals surface area contributed by atoms with Crippen LogP contribution in [0.4, 0.5) is 0 Å². The molecule has 0 aromatic carbocycles. The van der Waals surface area contributed by atoms with Gasteiger partial charge >= 0.3 is 59.1 Å². The van der Waals surface area contributed by atoms with Crippen LogP contribution in [0.1, 0.15) is 0 Å². The second-order valence-corrected chi connectivity index (χ2v) is 4.21. The van der Waals surface area contributed by atoms with Crippen molar-refractivity contribution in [3.8, 4) is 0 Å². The van der Waals surface area contributed by atoms with E-state index in [-0.39, 0.29) is 59.1 Å². The Morgan fingerprint density at radius 2 is 1.23 bits per heavy atom. The Labute approximate surface area is 170 Å². The molecule has 0 aliphatic carbocycles. The topological polar surface area (TPSA) is 185 Å². The van der Waals surface area contributed by atoms with Gasteiger partial charge in [-0.25, -0.2) is 0 Å². The first-order valence-electron chi connectivity index (χ1n) is 5.64. The van der Waals surface area contributed by atoms with Crippen LogP contribution in [0, 0.1) is 0 Å². The van der Waals surface area contributed by atoms with E-state index in [0.29, 0.717) is 4.90 Å². The molecule has 0 aliphatic heterocycles. The minimum atomic E-state index is -1.91. The summed E-state index contributed by atoms with van der Waals surface area (Å²) in [6.07, 6.45) is -7.27. The second kappa shape index (κ2) is 14.1. The molecule has 0 amide bonds. The monoisotopic (exact) mass is 341 g/mol. The molecule has 12 heteroatoms. The first-order valence-corrected chi connectivity index (χ1v) is 5.64. The first kappa shape index (κ1) is 27.5. The maximum absolute atomic E-state index is 10.4. The van der Waals surface area contributed by atoms with Crippen LogP contribution in [0.3, 0.4) is 0 Å². The summed E-state index contributed by atoms with van der Waals surface area (Å²) in [6.45, 7) is -3.17. The molecule has 22 heavy (non-hydrogen) atoms. The van der Waals surface area contributed by atoms with E-state index in [9.17, 15) is 35.1 Å². The molecule has 0 saturated heterocycles. The molecule has 10 nitrogen and oxygen atoms in total. The Bertz CT molecular complexity index is 318. The number of nitrogens with zero attached hydrogens (tertiary/aromatic N) is 1.